The molecular formula is C19H26N4O2S2. The Morgan fingerprint density at radius 2 is 2.00 bits per heavy atom. The zero-order chi connectivity index (χ0) is 19.4. The fourth-order valence-corrected chi connectivity index (χ4v) is 5.68. The Morgan fingerprint density at radius 1 is 1.26 bits per heavy atom. The molecule has 0 aliphatic carbocycles. The highest BCUT2D eigenvalue weighted by atomic mass is 32.2. The number of rotatable bonds is 5. The van der Waals surface area contributed by atoms with Crippen LogP contribution in [0.25, 0.3) is 0 Å². The molecule has 1 aliphatic rings. The number of likely N-dealkylation sites (tertiary alicyclic amines) is 1. The Labute approximate surface area is 165 Å². The van der Waals surface area contributed by atoms with Gasteiger partial charge in [0.2, 0.25) is 0 Å². The van der Waals surface area contributed by atoms with E-state index < -0.39 is 10.0 Å². The van der Waals surface area contributed by atoms with Crippen LogP contribution in [0.2, 0.25) is 0 Å². The number of aliphatic imine (C=N–C) groups is 1. The first kappa shape index (κ1) is 19.9. The zero-order valence-electron chi connectivity index (χ0n) is 15.9. The normalized spacial score (nSPS) is 18.3. The largest absolute Gasteiger partial charge is 0.351 e. The van der Waals surface area contributed by atoms with E-state index in [2.05, 4.69) is 39.5 Å². The lowest BCUT2D eigenvalue weighted by Gasteiger charge is -2.21. The maximum Gasteiger partial charge on any atom is 0.252 e. The van der Waals surface area contributed by atoms with Crippen molar-refractivity contribution < 1.29 is 8.42 Å². The van der Waals surface area contributed by atoms with Gasteiger partial charge in [0, 0.05) is 45.0 Å². The molecule has 1 unspecified atom stereocenters. The van der Waals surface area contributed by atoms with Crippen molar-refractivity contribution >= 4 is 27.3 Å². The molecular weight excluding hydrogens is 380 g/mol. The summed E-state index contributed by atoms with van der Waals surface area (Å²) in [6, 6.07) is 14.1. The van der Waals surface area contributed by atoms with Gasteiger partial charge in [-0.05, 0) is 24.1 Å². The molecule has 1 aromatic carbocycles. The van der Waals surface area contributed by atoms with Crippen LogP contribution >= 0.6 is 11.3 Å². The first-order valence-electron chi connectivity index (χ1n) is 8.93. The van der Waals surface area contributed by atoms with Crippen LogP contribution in [0.15, 0.2) is 51.7 Å². The van der Waals surface area contributed by atoms with Gasteiger partial charge >= 0.3 is 0 Å². The van der Waals surface area contributed by atoms with E-state index in [1.165, 1.54) is 21.2 Å². The van der Waals surface area contributed by atoms with E-state index in [9.17, 15) is 8.42 Å². The van der Waals surface area contributed by atoms with Crippen LogP contribution in [0.5, 0.6) is 0 Å². The monoisotopic (exact) mass is 406 g/mol. The van der Waals surface area contributed by atoms with Gasteiger partial charge in [-0.1, -0.05) is 30.3 Å². The summed E-state index contributed by atoms with van der Waals surface area (Å²) >= 11 is 1.29. The minimum Gasteiger partial charge on any atom is -0.351 e. The van der Waals surface area contributed by atoms with Gasteiger partial charge < -0.3 is 10.2 Å². The number of benzene rings is 1. The molecule has 6 nitrogen and oxygen atoms in total. The van der Waals surface area contributed by atoms with Crippen LogP contribution in [0.1, 0.15) is 22.8 Å². The summed E-state index contributed by atoms with van der Waals surface area (Å²) in [4.78, 5) is 7.64. The predicted octanol–water partition coefficient (Wildman–Crippen LogP) is 2.56. The van der Waals surface area contributed by atoms with E-state index in [4.69, 9.17) is 0 Å². The summed E-state index contributed by atoms with van der Waals surface area (Å²) < 4.78 is 26.0. The van der Waals surface area contributed by atoms with Crippen LogP contribution in [-0.2, 0) is 16.6 Å². The van der Waals surface area contributed by atoms with Gasteiger partial charge in [0.05, 0.1) is 6.54 Å². The van der Waals surface area contributed by atoms with Crippen LogP contribution in [-0.4, -0.2) is 57.8 Å². The Morgan fingerprint density at radius 3 is 2.67 bits per heavy atom. The highest BCUT2D eigenvalue weighted by molar-refractivity contribution is 7.91. The second-order valence-corrected chi connectivity index (χ2v) is 10.3. The highest BCUT2D eigenvalue weighted by Crippen LogP contribution is 2.27. The zero-order valence-corrected chi connectivity index (χ0v) is 17.6. The second kappa shape index (κ2) is 8.41. The Hall–Kier alpha value is -1.90. The molecule has 1 aliphatic heterocycles. The number of hydrogen-bond donors (Lipinski definition) is 1. The summed E-state index contributed by atoms with van der Waals surface area (Å²) in [5.74, 6) is 1.38. The molecule has 3 rings (SSSR count). The molecule has 0 amide bonds. The van der Waals surface area contributed by atoms with Gasteiger partial charge in [0.1, 0.15) is 4.21 Å². The van der Waals surface area contributed by atoms with Gasteiger partial charge in [-0.2, -0.15) is 0 Å². The van der Waals surface area contributed by atoms with E-state index in [0.29, 0.717) is 16.7 Å². The SMILES string of the molecule is CN=C(NCc1ccc(S(=O)(=O)N(C)C)s1)N1CCC(c2ccccc2)C1. The maximum atomic E-state index is 12.2. The van der Waals surface area contributed by atoms with E-state index in [1.54, 1.807) is 27.2 Å². The van der Waals surface area contributed by atoms with Crippen molar-refractivity contribution in [2.24, 2.45) is 4.99 Å². The molecule has 1 N–H and O–H groups in total. The van der Waals surface area contributed by atoms with E-state index >= 15 is 0 Å². The summed E-state index contributed by atoms with van der Waals surface area (Å²) in [5.41, 5.74) is 1.37. The lowest BCUT2D eigenvalue weighted by Crippen LogP contribution is -2.39. The first-order valence-corrected chi connectivity index (χ1v) is 11.2. The molecule has 8 heteroatoms. The fraction of sp³-hybridized carbons (Fsp3) is 0.421. The van der Waals surface area contributed by atoms with Crippen molar-refractivity contribution in [2.75, 3.05) is 34.2 Å². The fourth-order valence-electron chi connectivity index (χ4n) is 3.22. The number of nitrogens with zero attached hydrogens (tertiary/aromatic N) is 3. The number of sulfonamides is 1. The predicted molar refractivity (Wildman–Crippen MR) is 111 cm³/mol. The minimum atomic E-state index is -3.37. The summed E-state index contributed by atoms with van der Waals surface area (Å²) in [7, 11) is 1.51. The van der Waals surface area contributed by atoms with Crippen molar-refractivity contribution in [3.8, 4) is 0 Å². The van der Waals surface area contributed by atoms with Crippen molar-refractivity contribution in [1.29, 1.82) is 0 Å². The van der Waals surface area contributed by atoms with Gasteiger partial charge in [0.25, 0.3) is 10.0 Å². The van der Waals surface area contributed by atoms with E-state index in [-0.39, 0.29) is 0 Å². The molecule has 1 fully saturated rings. The average Bonchev–Trinajstić information content (AvgIpc) is 3.33. The third kappa shape index (κ3) is 4.51. The number of thiophene rings is 1. The molecule has 2 aromatic rings. The lowest BCUT2D eigenvalue weighted by molar-refractivity contribution is 0.486. The molecule has 1 saturated heterocycles. The van der Waals surface area contributed by atoms with Crippen LogP contribution in [0, 0.1) is 0 Å². The van der Waals surface area contributed by atoms with Crippen molar-refractivity contribution in [2.45, 2.75) is 23.1 Å². The van der Waals surface area contributed by atoms with Gasteiger partial charge in [-0.15, -0.1) is 11.3 Å². The van der Waals surface area contributed by atoms with E-state index in [0.717, 1.165) is 30.3 Å². The quantitative estimate of drug-likeness (QED) is 0.612. The van der Waals surface area contributed by atoms with Crippen molar-refractivity contribution in [1.82, 2.24) is 14.5 Å². The number of guanidine groups is 1. The summed E-state index contributed by atoms with van der Waals surface area (Å²) in [6.07, 6.45) is 1.11. The average molecular weight is 407 g/mol. The Bertz CT molecular complexity index is 891. The van der Waals surface area contributed by atoms with Crippen LogP contribution < -0.4 is 5.32 Å². The smallest absolute Gasteiger partial charge is 0.252 e. The molecule has 0 radical (unpaired) electrons. The minimum absolute atomic E-state index is 0.365. The molecule has 0 saturated carbocycles. The molecule has 146 valence electrons. The molecule has 1 atom stereocenters. The lowest BCUT2D eigenvalue weighted by atomic mass is 9.99. The Balaban J connectivity index is 1.60. The molecule has 27 heavy (non-hydrogen) atoms. The molecule has 0 bridgehead atoms. The number of hydrogen-bond acceptors (Lipinski definition) is 4. The highest BCUT2D eigenvalue weighted by Gasteiger charge is 2.26. The molecule has 0 spiro atoms. The standard InChI is InChI=1S/C19H26N4O2S2/c1-20-19(23-12-11-16(14-23)15-7-5-4-6-8-15)21-13-17-9-10-18(26-17)27(24,25)22(2)3/h4-10,16H,11-14H2,1-3H3,(H,20,21). The Kier molecular flexibility index (Phi) is 6.18. The maximum absolute atomic E-state index is 12.2. The molecule has 2 heterocycles. The second-order valence-electron chi connectivity index (χ2n) is 6.75. The van der Waals surface area contributed by atoms with Crippen LogP contribution in [0.3, 0.4) is 0 Å². The third-order valence-electron chi connectivity index (χ3n) is 4.76. The van der Waals surface area contributed by atoms with E-state index in [1.807, 2.05) is 12.1 Å². The topological polar surface area (TPSA) is 65.0 Å². The van der Waals surface area contributed by atoms with Crippen molar-refractivity contribution in [3.05, 3.63) is 52.9 Å². The van der Waals surface area contributed by atoms with Gasteiger partial charge in [0.15, 0.2) is 5.96 Å². The van der Waals surface area contributed by atoms with Gasteiger partial charge in [-0.3, -0.25) is 4.99 Å². The number of nitrogens with one attached hydrogen (secondary N) is 1. The van der Waals surface area contributed by atoms with Gasteiger partial charge in [-0.25, -0.2) is 12.7 Å². The van der Waals surface area contributed by atoms with Crippen molar-refractivity contribution in [3.63, 3.8) is 0 Å². The first-order chi connectivity index (χ1) is 12.9. The molecule has 1 aromatic heterocycles. The summed E-state index contributed by atoms with van der Waals surface area (Å²) in [5, 5.41) is 3.37. The summed E-state index contributed by atoms with van der Waals surface area (Å²) in [6.45, 7) is 2.46. The van der Waals surface area contributed by atoms with Crippen LogP contribution in [0.4, 0.5) is 0 Å². The third-order valence-corrected chi connectivity index (χ3v) is 8.13.